The summed E-state index contributed by atoms with van der Waals surface area (Å²) in [6.45, 7) is 0. The molecule has 1 atom stereocenters. The van der Waals surface area contributed by atoms with Gasteiger partial charge < -0.3 is 10.5 Å². The molecule has 19 heavy (non-hydrogen) atoms. The maximum Gasteiger partial charge on any atom is 0.119 e. The molecule has 2 aromatic carbocycles. The second kappa shape index (κ2) is 6.42. The summed E-state index contributed by atoms with van der Waals surface area (Å²) in [6.07, 6.45) is 0.753. The molecule has 0 bridgehead atoms. The number of rotatable bonds is 4. The minimum Gasteiger partial charge on any atom is -0.497 e. The Bertz CT molecular complexity index is 557. The monoisotopic (exact) mass is 339 g/mol. The molecule has 1 unspecified atom stereocenters. The predicted octanol–water partition coefficient (Wildman–Crippen LogP) is 4.35. The highest BCUT2D eigenvalue weighted by Gasteiger charge is 2.12. The normalized spacial score (nSPS) is 12.2. The molecule has 2 aromatic rings. The Morgan fingerprint density at radius 2 is 1.89 bits per heavy atom. The third-order valence-electron chi connectivity index (χ3n) is 2.97. The third-order valence-corrected chi connectivity index (χ3v) is 3.95. The van der Waals surface area contributed by atoms with Gasteiger partial charge in [0, 0.05) is 15.5 Å². The van der Waals surface area contributed by atoms with Crippen LogP contribution in [0.25, 0.3) is 0 Å². The lowest BCUT2D eigenvalue weighted by Gasteiger charge is -2.15. The van der Waals surface area contributed by atoms with Crippen LogP contribution in [0.1, 0.15) is 17.2 Å². The van der Waals surface area contributed by atoms with E-state index >= 15 is 0 Å². The molecule has 2 nitrogen and oxygen atoms in total. The zero-order valence-corrected chi connectivity index (χ0v) is 12.9. The molecule has 0 aliphatic carbocycles. The van der Waals surface area contributed by atoms with Gasteiger partial charge in [0.25, 0.3) is 0 Å². The van der Waals surface area contributed by atoms with Crippen molar-refractivity contribution in [1.82, 2.24) is 0 Å². The van der Waals surface area contributed by atoms with Crippen LogP contribution in [0.15, 0.2) is 46.9 Å². The van der Waals surface area contributed by atoms with Gasteiger partial charge in [-0.25, -0.2) is 0 Å². The van der Waals surface area contributed by atoms with Crippen LogP contribution in [0, 0.1) is 0 Å². The molecule has 2 N–H and O–H groups in total. The third kappa shape index (κ3) is 3.72. The van der Waals surface area contributed by atoms with Crippen molar-refractivity contribution in [2.24, 2.45) is 5.73 Å². The summed E-state index contributed by atoms with van der Waals surface area (Å²) in [5, 5.41) is 0.736. The van der Waals surface area contributed by atoms with Gasteiger partial charge in [-0.3, -0.25) is 0 Å². The summed E-state index contributed by atoms with van der Waals surface area (Å²) >= 11 is 9.40. The number of ether oxygens (including phenoxy) is 1. The van der Waals surface area contributed by atoms with E-state index in [1.807, 2.05) is 42.5 Å². The molecule has 100 valence electrons. The van der Waals surface area contributed by atoms with Crippen LogP contribution in [0.5, 0.6) is 5.75 Å². The lowest BCUT2D eigenvalue weighted by Crippen LogP contribution is -2.14. The molecule has 4 heteroatoms. The van der Waals surface area contributed by atoms with E-state index in [1.54, 1.807) is 7.11 Å². The van der Waals surface area contributed by atoms with Crippen molar-refractivity contribution in [1.29, 1.82) is 0 Å². The van der Waals surface area contributed by atoms with E-state index in [-0.39, 0.29) is 6.04 Å². The zero-order chi connectivity index (χ0) is 13.8. The highest BCUT2D eigenvalue weighted by Crippen LogP contribution is 2.28. The SMILES string of the molecule is COc1ccc(Br)c(C(N)Cc2ccc(Cl)cc2)c1. The molecular weight excluding hydrogens is 326 g/mol. The first-order chi connectivity index (χ1) is 9.10. The summed E-state index contributed by atoms with van der Waals surface area (Å²) < 4.78 is 6.23. The van der Waals surface area contributed by atoms with Crippen molar-refractivity contribution in [3.05, 3.63) is 63.1 Å². The molecule has 0 radical (unpaired) electrons. The molecule has 0 fully saturated rings. The molecule has 0 spiro atoms. The predicted molar refractivity (Wildman–Crippen MR) is 82.8 cm³/mol. The van der Waals surface area contributed by atoms with E-state index < -0.39 is 0 Å². The van der Waals surface area contributed by atoms with Gasteiger partial charge in [-0.1, -0.05) is 39.7 Å². The Labute approximate surface area is 126 Å². The van der Waals surface area contributed by atoms with E-state index in [4.69, 9.17) is 22.1 Å². The van der Waals surface area contributed by atoms with Gasteiger partial charge in [0.05, 0.1) is 7.11 Å². The van der Waals surface area contributed by atoms with Crippen LogP contribution in [-0.2, 0) is 6.42 Å². The highest BCUT2D eigenvalue weighted by atomic mass is 79.9. The molecule has 0 heterocycles. The maximum atomic E-state index is 6.27. The van der Waals surface area contributed by atoms with Gasteiger partial charge in [0.1, 0.15) is 5.75 Å². The van der Waals surface area contributed by atoms with Gasteiger partial charge in [0.2, 0.25) is 0 Å². The van der Waals surface area contributed by atoms with Gasteiger partial charge in [-0.15, -0.1) is 0 Å². The van der Waals surface area contributed by atoms with Crippen molar-refractivity contribution in [2.75, 3.05) is 7.11 Å². The topological polar surface area (TPSA) is 35.2 Å². The highest BCUT2D eigenvalue weighted by molar-refractivity contribution is 9.10. The van der Waals surface area contributed by atoms with Gasteiger partial charge in [-0.2, -0.15) is 0 Å². The molecule has 0 aliphatic heterocycles. The molecule has 2 rings (SSSR count). The van der Waals surface area contributed by atoms with Crippen LogP contribution in [0.2, 0.25) is 5.02 Å². The number of benzene rings is 2. The Kier molecular flexibility index (Phi) is 4.86. The summed E-state index contributed by atoms with van der Waals surface area (Å²) in [5.41, 5.74) is 8.47. The minimum atomic E-state index is -0.0920. The smallest absolute Gasteiger partial charge is 0.119 e. The van der Waals surface area contributed by atoms with E-state index in [0.29, 0.717) is 0 Å². The fourth-order valence-corrected chi connectivity index (χ4v) is 2.58. The van der Waals surface area contributed by atoms with Crippen LogP contribution >= 0.6 is 27.5 Å². The lowest BCUT2D eigenvalue weighted by molar-refractivity contribution is 0.413. The first-order valence-electron chi connectivity index (χ1n) is 5.93. The van der Waals surface area contributed by atoms with Crippen molar-refractivity contribution in [2.45, 2.75) is 12.5 Å². The Morgan fingerprint density at radius 1 is 1.21 bits per heavy atom. The van der Waals surface area contributed by atoms with Gasteiger partial charge in [0.15, 0.2) is 0 Å². The van der Waals surface area contributed by atoms with Crippen LogP contribution in [-0.4, -0.2) is 7.11 Å². The van der Waals surface area contributed by atoms with Crippen LogP contribution in [0.4, 0.5) is 0 Å². The van der Waals surface area contributed by atoms with E-state index in [2.05, 4.69) is 15.9 Å². The van der Waals surface area contributed by atoms with Crippen molar-refractivity contribution < 1.29 is 4.74 Å². The molecular formula is C15H15BrClNO. The number of hydrogen-bond donors (Lipinski definition) is 1. The number of halogens is 2. The largest absolute Gasteiger partial charge is 0.497 e. The Morgan fingerprint density at radius 3 is 2.53 bits per heavy atom. The number of methoxy groups -OCH3 is 1. The van der Waals surface area contributed by atoms with E-state index in [0.717, 1.165) is 32.8 Å². The lowest BCUT2D eigenvalue weighted by atomic mass is 9.99. The average Bonchev–Trinajstić information content (AvgIpc) is 2.42. The van der Waals surface area contributed by atoms with Crippen molar-refractivity contribution >= 4 is 27.5 Å². The number of nitrogens with two attached hydrogens (primary N) is 1. The fourth-order valence-electron chi connectivity index (χ4n) is 1.92. The first kappa shape index (κ1) is 14.4. The van der Waals surface area contributed by atoms with E-state index in [1.165, 1.54) is 0 Å². The fraction of sp³-hybridized carbons (Fsp3) is 0.200. The second-order valence-corrected chi connectivity index (χ2v) is 5.62. The first-order valence-corrected chi connectivity index (χ1v) is 7.10. The summed E-state index contributed by atoms with van der Waals surface area (Å²) in [5.74, 6) is 0.810. The van der Waals surface area contributed by atoms with Crippen molar-refractivity contribution in [3.8, 4) is 5.75 Å². The maximum absolute atomic E-state index is 6.27. The van der Waals surface area contributed by atoms with Crippen LogP contribution in [0.3, 0.4) is 0 Å². The van der Waals surface area contributed by atoms with Crippen LogP contribution < -0.4 is 10.5 Å². The van der Waals surface area contributed by atoms with Gasteiger partial charge >= 0.3 is 0 Å². The Hall–Kier alpha value is -1.03. The molecule has 0 amide bonds. The average molecular weight is 341 g/mol. The summed E-state index contributed by atoms with van der Waals surface area (Å²) in [7, 11) is 1.65. The Balaban J connectivity index is 2.19. The zero-order valence-electron chi connectivity index (χ0n) is 10.6. The second-order valence-electron chi connectivity index (χ2n) is 4.32. The molecule has 0 saturated carbocycles. The number of hydrogen-bond acceptors (Lipinski definition) is 2. The standard InChI is InChI=1S/C15H15BrClNO/c1-19-12-6-7-14(16)13(9-12)15(18)8-10-2-4-11(17)5-3-10/h2-7,9,15H,8,18H2,1H3. The van der Waals surface area contributed by atoms with E-state index in [9.17, 15) is 0 Å². The van der Waals surface area contributed by atoms with Gasteiger partial charge in [-0.05, 0) is 47.9 Å². The molecule has 0 aliphatic rings. The summed E-state index contributed by atoms with van der Waals surface area (Å²) in [6, 6.07) is 13.5. The quantitative estimate of drug-likeness (QED) is 0.898. The minimum absolute atomic E-state index is 0.0920. The summed E-state index contributed by atoms with van der Waals surface area (Å²) in [4.78, 5) is 0. The molecule has 0 saturated heterocycles. The van der Waals surface area contributed by atoms with Crippen molar-refractivity contribution in [3.63, 3.8) is 0 Å². The molecule has 0 aromatic heterocycles.